The lowest BCUT2D eigenvalue weighted by atomic mass is 10.0. The minimum atomic E-state index is -1.54. The summed E-state index contributed by atoms with van der Waals surface area (Å²) in [6.45, 7) is 0. The van der Waals surface area contributed by atoms with Crippen LogP contribution in [-0.2, 0) is 0 Å². The molecule has 0 spiro atoms. The molecular formula is C11H9F3N4. The first-order chi connectivity index (χ1) is 8.65. The van der Waals surface area contributed by atoms with E-state index in [4.69, 9.17) is 5.84 Å². The van der Waals surface area contributed by atoms with Gasteiger partial charge in [-0.1, -0.05) is 6.07 Å². The van der Waals surface area contributed by atoms with Gasteiger partial charge >= 0.3 is 0 Å². The van der Waals surface area contributed by atoms with Gasteiger partial charge in [-0.15, -0.1) is 0 Å². The second-order valence-corrected chi connectivity index (χ2v) is 3.49. The Morgan fingerprint density at radius 2 is 1.89 bits per heavy atom. The molecule has 1 atom stereocenters. The van der Waals surface area contributed by atoms with E-state index in [0.29, 0.717) is 5.69 Å². The highest BCUT2D eigenvalue weighted by molar-refractivity contribution is 5.29. The number of hydrogen-bond acceptors (Lipinski definition) is 4. The van der Waals surface area contributed by atoms with Crippen LogP contribution in [0.3, 0.4) is 0 Å². The van der Waals surface area contributed by atoms with Crippen LogP contribution in [0.25, 0.3) is 0 Å². The molecule has 1 heterocycles. The van der Waals surface area contributed by atoms with Gasteiger partial charge in [0.25, 0.3) is 0 Å². The fourth-order valence-corrected chi connectivity index (χ4v) is 1.56. The largest absolute Gasteiger partial charge is 0.271 e. The Morgan fingerprint density at radius 1 is 1.11 bits per heavy atom. The van der Waals surface area contributed by atoms with Gasteiger partial charge < -0.3 is 0 Å². The summed E-state index contributed by atoms with van der Waals surface area (Å²) in [7, 11) is 0. The van der Waals surface area contributed by atoms with Gasteiger partial charge in [-0.05, 0) is 6.07 Å². The molecule has 0 saturated heterocycles. The predicted octanol–water partition coefficient (Wildman–Crippen LogP) is 1.45. The molecule has 4 nitrogen and oxygen atoms in total. The molecule has 0 aliphatic rings. The van der Waals surface area contributed by atoms with Crippen molar-refractivity contribution in [2.75, 3.05) is 0 Å². The zero-order valence-electron chi connectivity index (χ0n) is 9.07. The molecular weight excluding hydrogens is 245 g/mol. The lowest BCUT2D eigenvalue weighted by molar-refractivity contribution is 0.432. The van der Waals surface area contributed by atoms with E-state index in [9.17, 15) is 13.2 Å². The van der Waals surface area contributed by atoms with Crippen LogP contribution >= 0.6 is 0 Å². The maximum absolute atomic E-state index is 13.6. The third-order valence-electron chi connectivity index (χ3n) is 2.42. The number of hydrazine groups is 1. The van der Waals surface area contributed by atoms with Crippen LogP contribution in [0.5, 0.6) is 0 Å². The molecule has 3 N–H and O–H groups in total. The SMILES string of the molecule is NNC(c1cnccn1)c1ccc(F)c(F)c1F. The molecule has 1 aromatic heterocycles. The van der Waals surface area contributed by atoms with E-state index < -0.39 is 23.5 Å². The smallest absolute Gasteiger partial charge is 0.194 e. The summed E-state index contributed by atoms with van der Waals surface area (Å²) in [6.07, 6.45) is 4.17. The van der Waals surface area contributed by atoms with E-state index in [0.717, 1.165) is 12.1 Å². The molecule has 1 aromatic carbocycles. The first-order valence-electron chi connectivity index (χ1n) is 5.00. The van der Waals surface area contributed by atoms with Crippen molar-refractivity contribution in [2.45, 2.75) is 6.04 Å². The maximum Gasteiger partial charge on any atom is 0.194 e. The van der Waals surface area contributed by atoms with Crippen molar-refractivity contribution in [3.8, 4) is 0 Å². The molecule has 7 heteroatoms. The number of aromatic nitrogens is 2. The summed E-state index contributed by atoms with van der Waals surface area (Å²) in [5.74, 6) is 1.19. The van der Waals surface area contributed by atoms with Crippen LogP contribution in [0.15, 0.2) is 30.7 Å². The Hall–Kier alpha value is -1.99. The first kappa shape index (κ1) is 12.5. The quantitative estimate of drug-likeness (QED) is 0.494. The predicted molar refractivity (Wildman–Crippen MR) is 57.5 cm³/mol. The standard InChI is InChI=1S/C11H9F3N4/c12-7-2-1-6(9(13)10(7)14)11(18-15)8-5-16-3-4-17-8/h1-5,11,18H,15H2. The lowest BCUT2D eigenvalue weighted by Gasteiger charge is -2.16. The van der Waals surface area contributed by atoms with Gasteiger partial charge in [0.05, 0.1) is 17.9 Å². The molecule has 0 saturated carbocycles. The van der Waals surface area contributed by atoms with Crippen LogP contribution in [0.1, 0.15) is 17.3 Å². The van der Waals surface area contributed by atoms with Crippen molar-refractivity contribution >= 4 is 0 Å². The highest BCUT2D eigenvalue weighted by Gasteiger charge is 2.22. The summed E-state index contributed by atoms with van der Waals surface area (Å²) in [5.41, 5.74) is 2.44. The Labute approximate surface area is 101 Å². The molecule has 0 bridgehead atoms. The van der Waals surface area contributed by atoms with Gasteiger partial charge in [0.15, 0.2) is 17.5 Å². The fraction of sp³-hybridized carbons (Fsp3) is 0.0909. The Kier molecular flexibility index (Phi) is 3.54. The topological polar surface area (TPSA) is 63.8 Å². The summed E-state index contributed by atoms with van der Waals surface area (Å²) in [5, 5.41) is 0. The van der Waals surface area contributed by atoms with E-state index in [1.165, 1.54) is 18.6 Å². The Bertz CT molecular complexity index is 547. The van der Waals surface area contributed by atoms with E-state index >= 15 is 0 Å². The van der Waals surface area contributed by atoms with Crippen molar-refractivity contribution in [3.05, 3.63) is 59.4 Å². The third kappa shape index (κ3) is 2.18. The van der Waals surface area contributed by atoms with Crippen LogP contribution in [-0.4, -0.2) is 9.97 Å². The van der Waals surface area contributed by atoms with Gasteiger partial charge in [0.2, 0.25) is 0 Å². The highest BCUT2D eigenvalue weighted by atomic mass is 19.2. The molecule has 18 heavy (non-hydrogen) atoms. The molecule has 2 aromatic rings. The van der Waals surface area contributed by atoms with E-state index in [1.54, 1.807) is 0 Å². The van der Waals surface area contributed by atoms with Gasteiger partial charge in [0.1, 0.15) is 0 Å². The molecule has 2 rings (SSSR count). The lowest BCUT2D eigenvalue weighted by Crippen LogP contribution is -2.30. The molecule has 0 aliphatic carbocycles. The second-order valence-electron chi connectivity index (χ2n) is 3.49. The van der Waals surface area contributed by atoms with E-state index in [1.807, 2.05) is 0 Å². The summed E-state index contributed by atoms with van der Waals surface area (Å²) in [4.78, 5) is 7.73. The highest BCUT2D eigenvalue weighted by Crippen LogP contribution is 2.24. The number of nitrogens with zero attached hydrogens (tertiary/aromatic N) is 2. The summed E-state index contributed by atoms with van der Waals surface area (Å²) >= 11 is 0. The van der Waals surface area contributed by atoms with Crippen molar-refractivity contribution in [1.29, 1.82) is 0 Å². The normalized spacial score (nSPS) is 12.4. The van der Waals surface area contributed by atoms with Gasteiger partial charge in [0, 0.05) is 18.0 Å². The van der Waals surface area contributed by atoms with Crippen molar-refractivity contribution < 1.29 is 13.2 Å². The van der Waals surface area contributed by atoms with E-state index in [2.05, 4.69) is 15.4 Å². The number of nitrogens with one attached hydrogen (secondary N) is 1. The summed E-state index contributed by atoms with van der Waals surface area (Å²) in [6, 6.07) is 1.02. The van der Waals surface area contributed by atoms with E-state index in [-0.39, 0.29) is 5.56 Å². The van der Waals surface area contributed by atoms with Crippen molar-refractivity contribution in [2.24, 2.45) is 5.84 Å². The zero-order valence-corrected chi connectivity index (χ0v) is 9.07. The van der Waals surface area contributed by atoms with Crippen LogP contribution in [0.2, 0.25) is 0 Å². The molecule has 0 radical (unpaired) electrons. The monoisotopic (exact) mass is 254 g/mol. The Morgan fingerprint density at radius 3 is 2.50 bits per heavy atom. The fourth-order valence-electron chi connectivity index (χ4n) is 1.56. The number of nitrogens with two attached hydrogens (primary N) is 1. The second kappa shape index (κ2) is 5.11. The first-order valence-corrected chi connectivity index (χ1v) is 5.00. The number of rotatable bonds is 3. The third-order valence-corrected chi connectivity index (χ3v) is 2.42. The number of benzene rings is 1. The van der Waals surface area contributed by atoms with Crippen molar-refractivity contribution in [1.82, 2.24) is 15.4 Å². The van der Waals surface area contributed by atoms with Gasteiger partial charge in [-0.2, -0.15) is 0 Å². The zero-order chi connectivity index (χ0) is 13.1. The molecule has 0 fully saturated rings. The van der Waals surface area contributed by atoms with Crippen LogP contribution in [0.4, 0.5) is 13.2 Å². The minimum absolute atomic E-state index is 0.142. The average Bonchev–Trinajstić information content (AvgIpc) is 2.41. The maximum atomic E-state index is 13.6. The molecule has 0 aliphatic heterocycles. The Balaban J connectivity index is 2.50. The minimum Gasteiger partial charge on any atom is -0.271 e. The van der Waals surface area contributed by atoms with Gasteiger partial charge in [-0.25, -0.2) is 18.6 Å². The van der Waals surface area contributed by atoms with Crippen LogP contribution in [0, 0.1) is 17.5 Å². The van der Waals surface area contributed by atoms with Gasteiger partial charge in [-0.3, -0.25) is 15.8 Å². The summed E-state index contributed by atoms with van der Waals surface area (Å²) < 4.78 is 39.6. The average molecular weight is 254 g/mol. The van der Waals surface area contributed by atoms with Crippen LogP contribution < -0.4 is 11.3 Å². The molecule has 94 valence electrons. The molecule has 1 unspecified atom stereocenters. The molecule has 0 amide bonds. The number of halogens is 3. The van der Waals surface area contributed by atoms with Crippen molar-refractivity contribution in [3.63, 3.8) is 0 Å². The number of hydrogen-bond donors (Lipinski definition) is 2.